The Morgan fingerprint density at radius 2 is 2.17 bits per heavy atom. The van der Waals surface area contributed by atoms with Gasteiger partial charge >= 0.3 is 0 Å². The smallest absolute Gasteiger partial charge is 0.223 e. The highest BCUT2D eigenvalue weighted by Crippen LogP contribution is 2.30. The van der Waals surface area contributed by atoms with Crippen molar-refractivity contribution in [3.8, 4) is 0 Å². The third kappa shape index (κ3) is 3.26. The van der Waals surface area contributed by atoms with Gasteiger partial charge in [-0.2, -0.15) is 0 Å². The molecular formula is C13H17N3OS. The summed E-state index contributed by atoms with van der Waals surface area (Å²) in [6, 6.07) is 3.94. The van der Waals surface area contributed by atoms with Crippen LogP contribution in [0, 0.1) is 13.8 Å². The highest BCUT2D eigenvalue weighted by molar-refractivity contribution is 7.99. The second-order valence-corrected chi connectivity index (χ2v) is 5.10. The molecule has 2 rings (SSSR count). The highest BCUT2D eigenvalue weighted by Gasteiger charge is 2.07. The van der Waals surface area contributed by atoms with Crippen LogP contribution in [0.2, 0.25) is 0 Å². The molecule has 0 aromatic carbocycles. The average Bonchev–Trinajstić information content (AvgIpc) is 2.72. The van der Waals surface area contributed by atoms with Crippen LogP contribution in [0.25, 0.3) is 0 Å². The summed E-state index contributed by atoms with van der Waals surface area (Å²) in [6.07, 6.45) is 2.75. The molecule has 0 atom stereocenters. The van der Waals surface area contributed by atoms with Crippen LogP contribution in [0.4, 0.5) is 5.95 Å². The van der Waals surface area contributed by atoms with Gasteiger partial charge < -0.3 is 9.73 Å². The third-order valence-electron chi connectivity index (χ3n) is 2.39. The first-order valence-corrected chi connectivity index (χ1v) is 6.82. The second-order valence-electron chi connectivity index (χ2n) is 4.04. The van der Waals surface area contributed by atoms with Gasteiger partial charge in [-0.15, -0.1) is 0 Å². The van der Waals surface area contributed by atoms with Gasteiger partial charge in [-0.3, -0.25) is 0 Å². The summed E-state index contributed by atoms with van der Waals surface area (Å²) < 4.78 is 5.28. The molecule has 0 aliphatic rings. The number of nitrogens with zero attached hydrogens (tertiary/aromatic N) is 2. The van der Waals surface area contributed by atoms with Gasteiger partial charge in [0.15, 0.2) is 0 Å². The number of hydrogen-bond donors (Lipinski definition) is 1. The van der Waals surface area contributed by atoms with Crippen molar-refractivity contribution in [2.45, 2.75) is 37.1 Å². The van der Waals surface area contributed by atoms with Gasteiger partial charge in [0.05, 0.1) is 11.2 Å². The lowest BCUT2D eigenvalue weighted by Crippen LogP contribution is -2.05. The van der Waals surface area contributed by atoms with E-state index in [1.807, 2.05) is 26.0 Å². The number of furan rings is 1. The van der Waals surface area contributed by atoms with E-state index >= 15 is 0 Å². The Kier molecular flexibility index (Phi) is 4.25. The first-order chi connectivity index (χ1) is 8.69. The minimum Gasteiger partial charge on any atom is -0.468 e. The van der Waals surface area contributed by atoms with Gasteiger partial charge in [0.1, 0.15) is 10.8 Å². The van der Waals surface area contributed by atoms with E-state index < -0.39 is 0 Å². The Labute approximate surface area is 111 Å². The lowest BCUT2D eigenvalue weighted by atomic mass is 10.4. The molecule has 5 heteroatoms. The normalized spacial score (nSPS) is 10.6. The molecule has 0 aliphatic heterocycles. The maximum absolute atomic E-state index is 5.28. The number of hydrogen-bond acceptors (Lipinski definition) is 5. The zero-order valence-electron chi connectivity index (χ0n) is 10.9. The lowest BCUT2D eigenvalue weighted by molar-refractivity contribution is 0.527. The Morgan fingerprint density at radius 3 is 2.83 bits per heavy atom. The van der Waals surface area contributed by atoms with E-state index in [2.05, 4.69) is 22.2 Å². The van der Waals surface area contributed by atoms with Crippen molar-refractivity contribution >= 4 is 17.7 Å². The van der Waals surface area contributed by atoms with Crippen LogP contribution in [-0.2, 0) is 0 Å². The van der Waals surface area contributed by atoms with Crippen LogP contribution < -0.4 is 5.32 Å². The van der Waals surface area contributed by atoms with Crippen molar-refractivity contribution in [2.75, 3.05) is 11.9 Å². The lowest BCUT2D eigenvalue weighted by Gasteiger charge is -2.06. The molecular weight excluding hydrogens is 246 g/mol. The zero-order chi connectivity index (χ0) is 13.0. The minimum atomic E-state index is 0.695. The van der Waals surface area contributed by atoms with Gasteiger partial charge in [0.25, 0.3) is 0 Å². The van der Waals surface area contributed by atoms with E-state index in [9.17, 15) is 0 Å². The molecule has 96 valence electrons. The van der Waals surface area contributed by atoms with Crippen LogP contribution >= 0.6 is 11.8 Å². The van der Waals surface area contributed by atoms with Crippen molar-refractivity contribution < 1.29 is 4.42 Å². The van der Waals surface area contributed by atoms with Crippen LogP contribution in [0.5, 0.6) is 0 Å². The molecule has 0 radical (unpaired) electrons. The van der Waals surface area contributed by atoms with Gasteiger partial charge in [-0.25, -0.2) is 9.97 Å². The Bertz CT molecular complexity index is 525. The summed E-state index contributed by atoms with van der Waals surface area (Å²) in [5, 5.41) is 4.15. The van der Waals surface area contributed by atoms with E-state index in [0.717, 1.165) is 34.3 Å². The molecule has 0 aliphatic carbocycles. The molecule has 4 nitrogen and oxygen atoms in total. The van der Waals surface area contributed by atoms with Crippen LogP contribution in [-0.4, -0.2) is 16.5 Å². The Hall–Kier alpha value is -1.49. The quantitative estimate of drug-likeness (QED) is 0.834. The summed E-state index contributed by atoms with van der Waals surface area (Å²) in [7, 11) is 0. The fourth-order valence-corrected chi connectivity index (χ4v) is 2.40. The third-order valence-corrected chi connectivity index (χ3v) is 3.45. The number of nitrogens with one attached hydrogen (secondary N) is 1. The molecule has 0 amide bonds. The van der Waals surface area contributed by atoms with Gasteiger partial charge in [-0.05, 0) is 32.4 Å². The fraction of sp³-hybridized carbons (Fsp3) is 0.385. The standard InChI is InChI=1S/C13H17N3OS/c1-4-6-14-13-15-9(2)8-12(16-13)18-11-5-7-17-10(11)3/h5,7-8H,4,6H2,1-3H3,(H,14,15,16). The maximum Gasteiger partial charge on any atom is 0.223 e. The molecule has 0 saturated carbocycles. The van der Waals surface area contributed by atoms with Crippen molar-refractivity contribution in [3.63, 3.8) is 0 Å². The maximum atomic E-state index is 5.28. The number of rotatable bonds is 5. The van der Waals surface area contributed by atoms with Crippen LogP contribution in [0.15, 0.2) is 32.7 Å². The predicted molar refractivity (Wildman–Crippen MR) is 73.1 cm³/mol. The number of anilines is 1. The summed E-state index contributed by atoms with van der Waals surface area (Å²) in [6.45, 7) is 6.93. The summed E-state index contributed by atoms with van der Waals surface area (Å²) >= 11 is 1.60. The van der Waals surface area contributed by atoms with Crippen LogP contribution in [0.3, 0.4) is 0 Å². The largest absolute Gasteiger partial charge is 0.468 e. The van der Waals surface area contributed by atoms with Gasteiger partial charge in [0, 0.05) is 12.2 Å². The first-order valence-electron chi connectivity index (χ1n) is 6.00. The zero-order valence-corrected chi connectivity index (χ0v) is 11.7. The summed E-state index contributed by atoms with van der Waals surface area (Å²) in [5.74, 6) is 1.61. The van der Waals surface area contributed by atoms with Gasteiger partial charge in [-0.1, -0.05) is 18.7 Å². The van der Waals surface area contributed by atoms with Crippen molar-refractivity contribution in [1.82, 2.24) is 9.97 Å². The second kappa shape index (κ2) is 5.91. The van der Waals surface area contributed by atoms with E-state index in [1.165, 1.54) is 0 Å². The van der Waals surface area contributed by atoms with Crippen molar-refractivity contribution in [3.05, 3.63) is 29.9 Å². The molecule has 18 heavy (non-hydrogen) atoms. The fourth-order valence-electron chi connectivity index (χ4n) is 1.50. The number of aryl methyl sites for hydroxylation is 2. The minimum absolute atomic E-state index is 0.695. The highest BCUT2D eigenvalue weighted by atomic mass is 32.2. The van der Waals surface area contributed by atoms with Crippen molar-refractivity contribution in [2.24, 2.45) is 0 Å². The number of aromatic nitrogens is 2. The molecule has 0 fully saturated rings. The van der Waals surface area contributed by atoms with E-state index in [0.29, 0.717) is 5.95 Å². The molecule has 0 bridgehead atoms. The van der Waals surface area contributed by atoms with E-state index in [-0.39, 0.29) is 0 Å². The SMILES string of the molecule is CCCNc1nc(C)cc(Sc2ccoc2C)n1. The first kappa shape index (κ1) is 13.0. The summed E-state index contributed by atoms with van der Waals surface area (Å²) in [4.78, 5) is 9.94. The molecule has 0 unspecified atom stereocenters. The Balaban J connectivity index is 2.17. The van der Waals surface area contributed by atoms with E-state index in [1.54, 1.807) is 18.0 Å². The predicted octanol–water partition coefficient (Wildman–Crippen LogP) is 3.66. The molecule has 0 saturated heterocycles. The van der Waals surface area contributed by atoms with Crippen molar-refractivity contribution in [1.29, 1.82) is 0 Å². The summed E-state index contributed by atoms with van der Waals surface area (Å²) in [5.41, 5.74) is 0.965. The molecule has 2 aromatic rings. The topological polar surface area (TPSA) is 51.0 Å². The molecule has 0 spiro atoms. The average molecular weight is 263 g/mol. The van der Waals surface area contributed by atoms with Gasteiger partial charge in [0.2, 0.25) is 5.95 Å². The molecule has 2 aromatic heterocycles. The van der Waals surface area contributed by atoms with Crippen LogP contribution in [0.1, 0.15) is 24.8 Å². The molecule has 2 heterocycles. The molecule has 1 N–H and O–H groups in total. The monoisotopic (exact) mass is 263 g/mol. The Morgan fingerprint density at radius 1 is 1.33 bits per heavy atom. The van der Waals surface area contributed by atoms with E-state index in [4.69, 9.17) is 4.42 Å².